The number of hydrogen-bond donors (Lipinski definition) is 2. The molecule has 114 valence electrons. The third-order valence-corrected chi connectivity index (χ3v) is 3.29. The van der Waals surface area contributed by atoms with Crippen molar-refractivity contribution in [1.82, 2.24) is 0 Å². The molecule has 1 atom stereocenters. The maximum absolute atomic E-state index is 13.4. The lowest BCUT2D eigenvalue weighted by Crippen LogP contribution is -2.24. The number of rotatable bonds is 1. The summed E-state index contributed by atoms with van der Waals surface area (Å²) in [5, 5.41) is 12.7. The summed E-state index contributed by atoms with van der Waals surface area (Å²) in [5.74, 6) is -1.04. The minimum Gasteiger partial charge on any atom is -0.368 e. The number of anilines is 1. The van der Waals surface area contributed by atoms with Gasteiger partial charge in [0, 0.05) is 16.8 Å². The van der Waals surface area contributed by atoms with E-state index in [0.29, 0.717) is 17.3 Å². The fourth-order valence-electron chi connectivity index (χ4n) is 2.28. The molecule has 2 aromatic rings. The lowest BCUT2D eigenvalue weighted by atomic mass is 10.0. The number of hydrogen-bond acceptors (Lipinski definition) is 3. The Labute approximate surface area is 122 Å². The molecule has 1 aliphatic heterocycles. The number of nitrogens with zero attached hydrogens (tertiary/aromatic N) is 1. The average molecular weight is 310 g/mol. The van der Waals surface area contributed by atoms with E-state index in [9.17, 15) is 22.7 Å². The van der Waals surface area contributed by atoms with Crippen LogP contribution in [0.25, 0.3) is 0 Å². The maximum Gasteiger partial charge on any atom is 0.417 e. The second kappa shape index (κ2) is 5.10. The summed E-state index contributed by atoms with van der Waals surface area (Å²) >= 11 is 0. The van der Waals surface area contributed by atoms with Gasteiger partial charge in [-0.05, 0) is 24.3 Å². The van der Waals surface area contributed by atoms with Gasteiger partial charge in [-0.3, -0.25) is 0 Å². The molecule has 0 fully saturated rings. The van der Waals surface area contributed by atoms with Gasteiger partial charge in [0.2, 0.25) is 0 Å². The molecule has 0 amide bonds. The summed E-state index contributed by atoms with van der Waals surface area (Å²) in [5.41, 5.74) is -0.596. The van der Waals surface area contributed by atoms with Crippen molar-refractivity contribution in [3.05, 3.63) is 65.0 Å². The lowest BCUT2D eigenvalue weighted by Gasteiger charge is -2.24. The quantitative estimate of drug-likeness (QED) is 0.789. The number of alkyl halides is 3. The Bertz CT molecular complexity index is 755. The molecular weight excluding hydrogens is 300 g/mol. The molecule has 1 heterocycles. The molecule has 7 heteroatoms. The molecule has 3 rings (SSSR count). The van der Waals surface area contributed by atoms with Crippen molar-refractivity contribution in [2.45, 2.75) is 12.4 Å². The second-order valence-electron chi connectivity index (χ2n) is 4.75. The number of benzene rings is 2. The van der Waals surface area contributed by atoms with Crippen molar-refractivity contribution in [2.24, 2.45) is 4.99 Å². The molecular formula is C15H10F4N2O. The van der Waals surface area contributed by atoms with Gasteiger partial charge < -0.3 is 10.4 Å². The van der Waals surface area contributed by atoms with E-state index in [4.69, 9.17) is 0 Å². The fourth-order valence-corrected chi connectivity index (χ4v) is 2.28. The Kier molecular flexibility index (Phi) is 3.37. The number of amidine groups is 1. The van der Waals surface area contributed by atoms with Crippen LogP contribution in [0.3, 0.4) is 0 Å². The monoisotopic (exact) mass is 310 g/mol. The number of halogens is 4. The molecule has 0 radical (unpaired) electrons. The normalized spacial score (nSPS) is 17.5. The molecule has 0 spiro atoms. The van der Waals surface area contributed by atoms with Crippen LogP contribution in [0, 0.1) is 5.82 Å². The predicted molar refractivity (Wildman–Crippen MR) is 73.0 cm³/mol. The molecule has 0 bridgehead atoms. The summed E-state index contributed by atoms with van der Waals surface area (Å²) in [4.78, 5) is 3.80. The highest BCUT2D eigenvalue weighted by Gasteiger charge is 2.35. The Hall–Kier alpha value is -2.41. The first-order valence-electron chi connectivity index (χ1n) is 6.35. The van der Waals surface area contributed by atoms with Crippen LogP contribution < -0.4 is 5.32 Å². The van der Waals surface area contributed by atoms with E-state index >= 15 is 0 Å². The van der Waals surface area contributed by atoms with Gasteiger partial charge in [-0.25, -0.2) is 9.38 Å². The van der Waals surface area contributed by atoms with E-state index in [1.54, 1.807) is 24.3 Å². The summed E-state index contributed by atoms with van der Waals surface area (Å²) < 4.78 is 52.6. The number of fused-ring (bicyclic) bond motifs is 1. The van der Waals surface area contributed by atoms with Crippen molar-refractivity contribution in [3.8, 4) is 0 Å². The van der Waals surface area contributed by atoms with Crippen molar-refractivity contribution < 1.29 is 22.7 Å². The van der Waals surface area contributed by atoms with Gasteiger partial charge in [-0.2, -0.15) is 13.2 Å². The van der Waals surface area contributed by atoms with Gasteiger partial charge in [-0.15, -0.1) is 0 Å². The van der Waals surface area contributed by atoms with Gasteiger partial charge in [-0.1, -0.05) is 18.2 Å². The van der Waals surface area contributed by atoms with Gasteiger partial charge >= 0.3 is 6.18 Å². The van der Waals surface area contributed by atoms with E-state index in [0.717, 1.165) is 12.1 Å². The second-order valence-corrected chi connectivity index (χ2v) is 4.75. The smallest absolute Gasteiger partial charge is 0.368 e. The highest BCUT2D eigenvalue weighted by atomic mass is 19.4. The standard InChI is InChI=1S/C15H10F4N2O/c16-8-5-6-11(15(17,18)19)10(7-8)13-20-12-4-2-1-3-9(12)14(22)21-13/h1-7,14,22H,(H,20,21). The lowest BCUT2D eigenvalue weighted by molar-refractivity contribution is -0.137. The van der Waals surface area contributed by atoms with Crippen LogP contribution in [0.15, 0.2) is 47.5 Å². The van der Waals surface area contributed by atoms with Crippen molar-refractivity contribution in [1.29, 1.82) is 0 Å². The molecule has 0 aliphatic carbocycles. The number of aliphatic imine (C=N–C) groups is 1. The molecule has 2 N–H and O–H groups in total. The van der Waals surface area contributed by atoms with Crippen LogP contribution in [0.5, 0.6) is 0 Å². The Morgan fingerprint density at radius 1 is 1.09 bits per heavy atom. The van der Waals surface area contributed by atoms with Crippen LogP contribution in [0.1, 0.15) is 22.9 Å². The van der Waals surface area contributed by atoms with Crippen LogP contribution in [-0.4, -0.2) is 10.9 Å². The molecule has 1 aliphatic rings. The van der Waals surface area contributed by atoms with Crippen molar-refractivity contribution in [3.63, 3.8) is 0 Å². The zero-order chi connectivity index (χ0) is 15.9. The van der Waals surface area contributed by atoms with Crippen molar-refractivity contribution in [2.75, 3.05) is 5.32 Å². The minimum atomic E-state index is -4.66. The third-order valence-electron chi connectivity index (χ3n) is 3.29. The SMILES string of the molecule is OC1N=C(c2cc(F)ccc2C(F)(F)F)Nc2ccccc21. The number of nitrogens with one attached hydrogen (secondary N) is 1. The molecule has 0 aromatic heterocycles. The fraction of sp³-hybridized carbons (Fsp3) is 0.133. The molecule has 3 nitrogen and oxygen atoms in total. The van der Waals surface area contributed by atoms with E-state index in [1.807, 2.05) is 0 Å². The van der Waals surface area contributed by atoms with Gasteiger partial charge in [0.25, 0.3) is 0 Å². The van der Waals surface area contributed by atoms with Gasteiger partial charge in [0.05, 0.1) is 5.56 Å². The van der Waals surface area contributed by atoms with E-state index in [2.05, 4.69) is 10.3 Å². The Morgan fingerprint density at radius 3 is 2.55 bits per heavy atom. The zero-order valence-electron chi connectivity index (χ0n) is 11.0. The maximum atomic E-state index is 13.4. The van der Waals surface area contributed by atoms with E-state index in [-0.39, 0.29) is 5.84 Å². The molecule has 22 heavy (non-hydrogen) atoms. The van der Waals surface area contributed by atoms with Crippen LogP contribution in [0.2, 0.25) is 0 Å². The first kappa shape index (κ1) is 14.5. The molecule has 0 saturated heterocycles. The first-order chi connectivity index (χ1) is 10.4. The highest BCUT2D eigenvalue weighted by Crippen LogP contribution is 2.35. The summed E-state index contributed by atoms with van der Waals surface area (Å²) in [6.07, 6.45) is -5.97. The summed E-state index contributed by atoms with van der Waals surface area (Å²) in [6, 6.07) is 8.67. The number of aliphatic hydroxyl groups is 1. The predicted octanol–water partition coefficient (Wildman–Crippen LogP) is 3.71. The largest absolute Gasteiger partial charge is 0.417 e. The molecule has 1 unspecified atom stereocenters. The van der Waals surface area contributed by atoms with Gasteiger partial charge in [0.15, 0.2) is 6.23 Å². The molecule has 0 saturated carbocycles. The van der Waals surface area contributed by atoms with E-state index < -0.39 is 29.3 Å². The Balaban J connectivity index is 2.12. The van der Waals surface area contributed by atoms with Crippen LogP contribution >= 0.6 is 0 Å². The minimum absolute atomic E-state index is 0.224. The summed E-state index contributed by atoms with van der Waals surface area (Å²) in [6.45, 7) is 0. The Morgan fingerprint density at radius 2 is 1.82 bits per heavy atom. The summed E-state index contributed by atoms with van der Waals surface area (Å²) in [7, 11) is 0. The first-order valence-corrected chi connectivity index (χ1v) is 6.35. The zero-order valence-corrected chi connectivity index (χ0v) is 11.0. The third kappa shape index (κ3) is 2.55. The number of aliphatic hydroxyl groups excluding tert-OH is 1. The number of para-hydroxylation sites is 1. The average Bonchev–Trinajstić information content (AvgIpc) is 2.46. The topological polar surface area (TPSA) is 44.6 Å². The van der Waals surface area contributed by atoms with Crippen LogP contribution in [0.4, 0.5) is 23.2 Å². The van der Waals surface area contributed by atoms with Gasteiger partial charge in [0.1, 0.15) is 11.7 Å². The van der Waals surface area contributed by atoms with Crippen molar-refractivity contribution >= 4 is 11.5 Å². The van der Waals surface area contributed by atoms with E-state index in [1.165, 1.54) is 0 Å². The van der Waals surface area contributed by atoms with Crippen LogP contribution in [-0.2, 0) is 6.18 Å². The highest BCUT2D eigenvalue weighted by molar-refractivity contribution is 6.10. The molecule has 2 aromatic carbocycles.